The Balaban J connectivity index is 5.36. The van der Waals surface area contributed by atoms with E-state index >= 15 is 0 Å². The molecule has 0 aliphatic rings. The molecule has 3 atom stereocenters. The van der Waals surface area contributed by atoms with E-state index in [-0.39, 0.29) is 32.3 Å². The Morgan fingerprint density at radius 1 is 0.971 bits per heavy atom. The smallest absolute Gasteiger partial charge is 0.469 e. The van der Waals surface area contributed by atoms with Crippen LogP contribution in [0.3, 0.4) is 0 Å². The molecular formula is C22H39O12P. The zero-order valence-corrected chi connectivity index (χ0v) is 22.4. The Morgan fingerprint density at radius 3 is 2.03 bits per heavy atom. The Labute approximate surface area is 206 Å². The van der Waals surface area contributed by atoms with Gasteiger partial charge in [0, 0.05) is 13.3 Å². The first-order valence-electron chi connectivity index (χ1n) is 11.2. The van der Waals surface area contributed by atoms with Gasteiger partial charge in [0.1, 0.15) is 12.7 Å². The number of phosphoric acid groups is 1. The fourth-order valence-electron chi connectivity index (χ4n) is 3.47. The molecule has 0 spiro atoms. The van der Waals surface area contributed by atoms with Crippen molar-refractivity contribution in [2.24, 2.45) is 16.7 Å². The van der Waals surface area contributed by atoms with Crippen LogP contribution in [0.1, 0.15) is 66.7 Å². The van der Waals surface area contributed by atoms with Crippen molar-refractivity contribution < 1.29 is 57.0 Å². The molecule has 0 bridgehead atoms. The van der Waals surface area contributed by atoms with Crippen molar-refractivity contribution in [3.8, 4) is 0 Å². The molecule has 0 rings (SSSR count). The van der Waals surface area contributed by atoms with Gasteiger partial charge in [-0.05, 0) is 46.5 Å². The summed E-state index contributed by atoms with van der Waals surface area (Å²) in [6, 6.07) is 0. The molecular weight excluding hydrogens is 487 g/mol. The van der Waals surface area contributed by atoms with Gasteiger partial charge < -0.3 is 28.7 Å². The third-order valence-electron chi connectivity index (χ3n) is 5.80. The molecule has 0 saturated heterocycles. The molecule has 0 heterocycles. The van der Waals surface area contributed by atoms with Gasteiger partial charge in [-0.25, -0.2) is 4.57 Å². The summed E-state index contributed by atoms with van der Waals surface area (Å²) < 4.78 is 35.2. The zero-order valence-electron chi connectivity index (χ0n) is 21.5. The lowest BCUT2D eigenvalue weighted by atomic mass is 9.78. The molecule has 0 aliphatic carbocycles. The third kappa shape index (κ3) is 12.5. The molecule has 13 heteroatoms. The van der Waals surface area contributed by atoms with Gasteiger partial charge in [0.25, 0.3) is 0 Å². The maximum atomic E-state index is 12.5. The second-order valence-corrected chi connectivity index (χ2v) is 10.4. The van der Waals surface area contributed by atoms with Gasteiger partial charge in [0.05, 0.1) is 37.6 Å². The van der Waals surface area contributed by atoms with Gasteiger partial charge in [0.2, 0.25) is 0 Å². The average molecular weight is 527 g/mol. The highest BCUT2D eigenvalue weighted by molar-refractivity contribution is 7.46. The van der Waals surface area contributed by atoms with Gasteiger partial charge in [0.15, 0.2) is 0 Å². The molecule has 2 N–H and O–H groups in total. The molecule has 0 fully saturated rings. The number of phosphoric ester groups is 1. The Kier molecular flexibility index (Phi) is 13.7. The fraction of sp³-hybridized carbons (Fsp3) is 0.818. The number of carbonyl (C=O) groups excluding carboxylic acids is 4. The SMILES string of the molecule is CCC(C)(CC(CC(CCC(C)(C)C(=O)OCCOP(=O)(O)O)C(=O)OC)OC(C)=O)C(=O)OC. The highest BCUT2D eigenvalue weighted by Gasteiger charge is 2.39. The first-order chi connectivity index (χ1) is 16.0. The van der Waals surface area contributed by atoms with E-state index in [2.05, 4.69) is 4.52 Å². The molecule has 0 aromatic heterocycles. The summed E-state index contributed by atoms with van der Waals surface area (Å²) in [5.41, 5.74) is -1.98. The monoisotopic (exact) mass is 526 g/mol. The summed E-state index contributed by atoms with van der Waals surface area (Å²) in [6.45, 7) is 7.10. The standard InChI is InChI=1S/C22H39O12P/c1-8-22(5,20(26)31-7)14-17(34-15(2)23)13-16(18(24)30-6)9-10-21(3,4)19(25)32-11-12-33-35(27,28)29/h16-17H,8-14H2,1-7H3,(H2,27,28,29). The van der Waals surface area contributed by atoms with Crippen molar-refractivity contribution in [1.82, 2.24) is 0 Å². The van der Waals surface area contributed by atoms with Crippen LogP contribution in [0.25, 0.3) is 0 Å². The second kappa shape index (κ2) is 14.5. The fourth-order valence-corrected chi connectivity index (χ4v) is 3.78. The summed E-state index contributed by atoms with van der Waals surface area (Å²) in [6.07, 6.45) is 0.228. The molecule has 0 radical (unpaired) electrons. The molecule has 12 nitrogen and oxygen atoms in total. The minimum absolute atomic E-state index is 0.0695. The number of carbonyl (C=O) groups is 4. The maximum absolute atomic E-state index is 12.5. The Morgan fingerprint density at radius 2 is 1.57 bits per heavy atom. The normalized spacial score (nSPS) is 15.3. The van der Waals surface area contributed by atoms with Gasteiger partial charge in [-0.2, -0.15) is 0 Å². The van der Waals surface area contributed by atoms with E-state index in [0.717, 1.165) is 0 Å². The first-order valence-corrected chi connectivity index (χ1v) is 12.7. The molecule has 3 unspecified atom stereocenters. The first kappa shape index (κ1) is 33.0. The van der Waals surface area contributed by atoms with Crippen LogP contribution in [0.5, 0.6) is 0 Å². The maximum Gasteiger partial charge on any atom is 0.469 e. The van der Waals surface area contributed by atoms with Crippen LogP contribution in [0.2, 0.25) is 0 Å². The Hall–Kier alpha value is -2.01. The van der Waals surface area contributed by atoms with Gasteiger partial charge in [-0.3, -0.25) is 23.7 Å². The van der Waals surface area contributed by atoms with Crippen LogP contribution in [0.4, 0.5) is 0 Å². The Bertz CT molecular complexity index is 774. The van der Waals surface area contributed by atoms with Crippen molar-refractivity contribution in [3.05, 3.63) is 0 Å². The third-order valence-corrected chi connectivity index (χ3v) is 6.32. The molecule has 35 heavy (non-hydrogen) atoms. The molecule has 0 aliphatic heterocycles. The lowest BCUT2D eigenvalue weighted by Gasteiger charge is -2.31. The minimum atomic E-state index is -4.66. The predicted octanol–water partition coefficient (Wildman–Crippen LogP) is 2.54. The van der Waals surface area contributed by atoms with Crippen LogP contribution in [0, 0.1) is 16.7 Å². The van der Waals surface area contributed by atoms with E-state index in [1.54, 1.807) is 27.7 Å². The molecule has 0 amide bonds. The topological polar surface area (TPSA) is 172 Å². The van der Waals surface area contributed by atoms with Crippen LogP contribution in [0.15, 0.2) is 0 Å². The van der Waals surface area contributed by atoms with Crippen molar-refractivity contribution in [1.29, 1.82) is 0 Å². The quantitative estimate of drug-likeness (QED) is 0.130. The molecule has 0 aromatic rings. The number of ether oxygens (including phenoxy) is 4. The van der Waals surface area contributed by atoms with Crippen molar-refractivity contribution >= 4 is 31.7 Å². The van der Waals surface area contributed by atoms with Crippen LogP contribution in [-0.2, 0) is 47.2 Å². The lowest BCUT2D eigenvalue weighted by Crippen LogP contribution is -2.36. The van der Waals surface area contributed by atoms with Crippen molar-refractivity contribution in [2.75, 3.05) is 27.4 Å². The summed E-state index contributed by atoms with van der Waals surface area (Å²) >= 11 is 0. The van der Waals surface area contributed by atoms with Crippen molar-refractivity contribution in [3.63, 3.8) is 0 Å². The highest BCUT2D eigenvalue weighted by atomic mass is 31.2. The number of hydrogen-bond acceptors (Lipinski definition) is 10. The highest BCUT2D eigenvalue weighted by Crippen LogP contribution is 2.36. The summed E-state index contributed by atoms with van der Waals surface area (Å²) in [5, 5.41) is 0. The van der Waals surface area contributed by atoms with E-state index in [1.165, 1.54) is 21.1 Å². The van der Waals surface area contributed by atoms with E-state index in [4.69, 9.17) is 28.7 Å². The average Bonchev–Trinajstić information content (AvgIpc) is 2.76. The number of hydrogen-bond donors (Lipinski definition) is 2. The van der Waals surface area contributed by atoms with Crippen LogP contribution >= 0.6 is 7.82 Å². The molecule has 0 aromatic carbocycles. The zero-order chi connectivity index (χ0) is 27.4. The number of rotatable bonds is 16. The second-order valence-electron chi connectivity index (χ2n) is 9.18. The van der Waals surface area contributed by atoms with E-state index in [0.29, 0.717) is 6.42 Å². The lowest BCUT2D eigenvalue weighted by molar-refractivity contribution is -0.161. The summed E-state index contributed by atoms with van der Waals surface area (Å²) in [5.74, 6) is -2.97. The van der Waals surface area contributed by atoms with Gasteiger partial charge in [-0.1, -0.05) is 6.92 Å². The molecule has 204 valence electrons. The minimum Gasteiger partial charge on any atom is -0.469 e. The number of esters is 4. The van der Waals surface area contributed by atoms with Gasteiger partial charge in [-0.15, -0.1) is 0 Å². The van der Waals surface area contributed by atoms with E-state index in [1.807, 2.05) is 0 Å². The van der Waals surface area contributed by atoms with E-state index in [9.17, 15) is 23.7 Å². The van der Waals surface area contributed by atoms with Crippen LogP contribution in [-0.4, -0.2) is 67.2 Å². The largest absolute Gasteiger partial charge is 0.469 e. The summed E-state index contributed by atoms with van der Waals surface area (Å²) in [7, 11) is -2.17. The summed E-state index contributed by atoms with van der Waals surface area (Å²) in [4.78, 5) is 66.3. The molecule has 0 saturated carbocycles. The van der Waals surface area contributed by atoms with Gasteiger partial charge >= 0.3 is 31.7 Å². The predicted molar refractivity (Wildman–Crippen MR) is 123 cm³/mol. The number of methoxy groups -OCH3 is 2. The van der Waals surface area contributed by atoms with E-state index < -0.39 is 61.2 Å². The van der Waals surface area contributed by atoms with Crippen molar-refractivity contribution in [2.45, 2.75) is 72.8 Å². The van der Waals surface area contributed by atoms with Crippen LogP contribution < -0.4 is 0 Å².